The van der Waals surface area contributed by atoms with Crippen LogP contribution in [0, 0.1) is 11.7 Å². The first-order valence-corrected chi connectivity index (χ1v) is 9.46. The third-order valence-electron chi connectivity index (χ3n) is 4.73. The van der Waals surface area contributed by atoms with Crippen LogP contribution in [0.2, 0.25) is 0 Å². The van der Waals surface area contributed by atoms with E-state index in [4.69, 9.17) is 4.74 Å². The third kappa shape index (κ3) is 4.62. The van der Waals surface area contributed by atoms with Gasteiger partial charge in [-0.25, -0.2) is 4.39 Å². The van der Waals surface area contributed by atoms with Gasteiger partial charge >= 0.3 is 0 Å². The molecule has 1 heterocycles. The number of nitrogens with one attached hydrogen (secondary N) is 1. The molecule has 1 aliphatic rings. The molecule has 0 aromatic heterocycles. The van der Waals surface area contributed by atoms with Crippen molar-refractivity contribution in [2.24, 2.45) is 5.92 Å². The van der Waals surface area contributed by atoms with Crippen LogP contribution >= 0.6 is 15.9 Å². The summed E-state index contributed by atoms with van der Waals surface area (Å²) in [6, 6.07) is 12.2. The van der Waals surface area contributed by atoms with Gasteiger partial charge in [-0.2, -0.15) is 0 Å². The van der Waals surface area contributed by atoms with Gasteiger partial charge in [-0.3, -0.25) is 9.69 Å². The highest BCUT2D eigenvalue weighted by atomic mass is 79.9. The lowest BCUT2D eigenvalue weighted by atomic mass is 9.95. The number of carbonyl (C=O) groups excluding carboxylic acids is 1. The van der Waals surface area contributed by atoms with Gasteiger partial charge in [-0.1, -0.05) is 34.1 Å². The topological polar surface area (TPSA) is 41.6 Å². The molecule has 2 aromatic carbocycles. The Bertz CT molecular complexity index is 776. The number of halogens is 2. The predicted octanol–water partition coefficient (Wildman–Crippen LogP) is 4.45. The molecule has 1 saturated heterocycles. The summed E-state index contributed by atoms with van der Waals surface area (Å²) in [5.74, 6) is 0.455. The van der Waals surface area contributed by atoms with Crippen molar-refractivity contribution < 1.29 is 13.9 Å². The van der Waals surface area contributed by atoms with Crippen molar-refractivity contribution >= 4 is 27.5 Å². The molecule has 0 saturated carbocycles. The molecule has 138 valence electrons. The van der Waals surface area contributed by atoms with Gasteiger partial charge in [0.25, 0.3) is 0 Å². The Morgan fingerprint density at radius 2 is 2.00 bits per heavy atom. The van der Waals surface area contributed by atoms with Crippen molar-refractivity contribution in [1.82, 2.24) is 4.90 Å². The first-order chi connectivity index (χ1) is 12.6. The largest absolute Gasteiger partial charge is 0.495 e. The van der Waals surface area contributed by atoms with E-state index in [9.17, 15) is 9.18 Å². The SMILES string of the molecule is COc1ccccc1NC(=O)C1CCN(Cc2ccc(F)cc2Br)CC1. The minimum Gasteiger partial charge on any atom is -0.495 e. The zero-order valence-electron chi connectivity index (χ0n) is 14.7. The molecule has 0 unspecified atom stereocenters. The Morgan fingerprint density at radius 3 is 2.69 bits per heavy atom. The summed E-state index contributed by atoms with van der Waals surface area (Å²) in [7, 11) is 1.59. The van der Waals surface area contributed by atoms with Crippen molar-refractivity contribution in [2.75, 3.05) is 25.5 Å². The molecule has 1 amide bonds. The Balaban J connectivity index is 1.54. The number of ether oxygens (including phenoxy) is 1. The molecule has 2 aromatic rings. The fraction of sp³-hybridized carbons (Fsp3) is 0.350. The Labute approximate surface area is 161 Å². The maximum absolute atomic E-state index is 13.2. The van der Waals surface area contributed by atoms with Crippen LogP contribution in [-0.4, -0.2) is 31.0 Å². The average Bonchev–Trinajstić information content (AvgIpc) is 2.65. The summed E-state index contributed by atoms with van der Waals surface area (Å²) >= 11 is 3.42. The van der Waals surface area contributed by atoms with E-state index in [0.29, 0.717) is 11.4 Å². The van der Waals surface area contributed by atoms with Gasteiger partial charge in [-0.15, -0.1) is 0 Å². The molecular weight excluding hydrogens is 399 g/mol. The number of likely N-dealkylation sites (tertiary alicyclic amines) is 1. The zero-order chi connectivity index (χ0) is 18.5. The molecule has 0 aliphatic carbocycles. The lowest BCUT2D eigenvalue weighted by Gasteiger charge is -2.31. The molecule has 1 aliphatic heterocycles. The third-order valence-corrected chi connectivity index (χ3v) is 5.47. The number of rotatable bonds is 5. The number of carbonyl (C=O) groups is 1. The molecule has 1 fully saturated rings. The second-order valence-corrected chi connectivity index (χ2v) is 7.33. The van der Waals surface area contributed by atoms with E-state index < -0.39 is 0 Å². The van der Waals surface area contributed by atoms with Crippen molar-refractivity contribution in [1.29, 1.82) is 0 Å². The first-order valence-electron chi connectivity index (χ1n) is 8.67. The van der Waals surface area contributed by atoms with Gasteiger partial charge in [0, 0.05) is 16.9 Å². The summed E-state index contributed by atoms with van der Waals surface area (Å²) in [5.41, 5.74) is 1.76. The molecule has 4 nitrogen and oxygen atoms in total. The maximum atomic E-state index is 13.2. The molecule has 1 N–H and O–H groups in total. The normalized spacial score (nSPS) is 15.7. The maximum Gasteiger partial charge on any atom is 0.227 e. The Morgan fingerprint density at radius 1 is 1.27 bits per heavy atom. The van der Waals surface area contributed by atoms with Gasteiger partial charge in [0.1, 0.15) is 11.6 Å². The van der Waals surface area contributed by atoms with Crippen LogP contribution in [0.4, 0.5) is 10.1 Å². The van der Waals surface area contributed by atoms with E-state index in [1.54, 1.807) is 13.2 Å². The lowest BCUT2D eigenvalue weighted by molar-refractivity contribution is -0.121. The van der Waals surface area contributed by atoms with Crippen LogP contribution in [0.1, 0.15) is 18.4 Å². The van der Waals surface area contributed by atoms with Crippen LogP contribution in [0.5, 0.6) is 5.75 Å². The number of hydrogen-bond donors (Lipinski definition) is 1. The molecule has 0 bridgehead atoms. The zero-order valence-corrected chi connectivity index (χ0v) is 16.3. The van der Waals surface area contributed by atoms with Gasteiger partial charge in [0.2, 0.25) is 5.91 Å². The quantitative estimate of drug-likeness (QED) is 0.776. The highest BCUT2D eigenvalue weighted by Crippen LogP contribution is 2.27. The van der Waals surface area contributed by atoms with E-state index in [0.717, 1.165) is 42.5 Å². The van der Waals surface area contributed by atoms with E-state index in [2.05, 4.69) is 26.1 Å². The highest BCUT2D eigenvalue weighted by molar-refractivity contribution is 9.10. The van der Waals surface area contributed by atoms with Crippen LogP contribution in [0.25, 0.3) is 0 Å². The van der Waals surface area contributed by atoms with E-state index >= 15 is 0 Å². The fourth-order valence-electron chi connectivity index (χ4n) is 3.23. The summed E-state index contributed by atoms with van der Waals surface area (Å²) in [5, 5.41) is 2.98. The summed E-state index contributed by atoms with van der Waals surface area (Å²) in [6.45, 7) is 2.43. The second kappa shape index (κ2) is 8.64. The first kappa shape index (κ1) is 18.9. The average molecular weight is 421 g/mol. The van der Waals surface area contributed by atoms with E-state index in [1.807, 2.05) is 24.3 Å². The van der Waals surface area contributed by atoms with Gasteiger partial charge in [-0.05, 0) is 55.8 Å². The number of para-hydroxylation sites is 2. The number of piperidine rings is 1. The second-order valence-electron chi connectivity index (χ2n) is 6.48. The fourth-order valence-corrected chi connectivity index (χ4v) is 3.70. The van der Waals surface area contributed by atoms with Crippen molar-refractivity contribution in [3.63, 3.8) is 0 Å². The number of nitrogens with zero attached hydrogens (tertiary/aromatic N) is 1. The summed E-state index contributed by atoms with van der Waals surface area (Å²) in [4.78, 5) is 14.9. The molecule has 0 atom stereocenters. The van der Waals surface area contributed by atoms with Crippen molar-refractivity contribution in [3.05, 3.63) is 58.3 Å². The van der Waals surface area contributed by atoms with Crippen molar-refractivity contribution in [3.8, 4) is 5.75 Å². The minimum atomic E-state index is -0.243. The summed E-state index contributed by atoms with van der Waals surface area (Å²) in [6.07, 6.45) is 1.61. The van der Waals surface area contributed by atoms with Crippen LogP contribution in [0.15, 0.2) is 46.9 Å². The van der Waals surface area contributed by atoms with Gasteiger partial charge in [0.05, 0.1) is 12.8 Å². The van der Waals surface area contributed by atoms with E-state index in [-0.39, 0.29) is 17.6 Å². The molecule has 0 spiro atoms. The standard InChI is InChI=1S/C20H22BrFN2O2/c1-26-19-5-3-2-4-18(19)23-20(25)14-8-10-24(11-9-14)13-15-6-7-16(22)12-17(15)21/h2-7,12,14H,8-11,13H2,1H3,(H,23,25). The van der Waals surface area contributed by atoms with Crippen molar-refractivity contribution in [2.45, 2.75) is 19.4 Å². The molecule has 0 radical (unpaired) electrons. The predicted molar refractivity (Wildman–Crippen MR) is 104 cm³/mol. The van der Waals surface area contributed by atoms with Crippen LogP contribution < -0.4 is 10.1 Å². The molecular formula is C20H22BrFN2O2. The number of benzene rings is 2. The number of amides is 1. The molecule has 6 heteroatoms. The van der Waals surface area contributed by atoms with E-state index in [1.165, 1.54) is 12.1 Å². The van der Waals surface area contributed by atoms with Gasteiger partial charge < -0.3 is 10.1 Å². The van der Waals surface area contributed by atoms with Crippen LogP contribution in [-0.2, 0) is 11.3 Å². The molecule has 3 rings (SSSR count). The smallest absolute Gasteiger partial charge is 0.227 e. The number of hydrogen-bond acceptors (Lipinski definition) is 3. The summed E-state index contributed by atoms with van der Waals surface area (Å²) < 4.78 is 19.3. The Hall–Kier alpha value is -1.92. The minimum absolute atomic E-state index is 0.00665. The lowest BCUT2D eigenvalue weighted by Crippen LogP contribution is -2.37. The highest BCUT2D eigenvalue weighted by Gasteiger charge is 2.25. The molecule has 26 heavy (non-hydrogen) atoms. The van der Waals surface area contributed by atoms with Crippen LogP contribution in [0.3, 0.4) is 0 Å². The number of anilines is 1. The number of methoxy groups -OCH3 is 1. The monoisotopic (exact) mass is 420 g/mol. The Kier molecular flexibility index (Phi) is 6.27. The van der Waals surface area contributed by atoms with Gasteiger partial charge in [0.15, 0.2) is 0 Å².